The first-order valence-corrected chi connectivity index (χ1v) is 9.49. The summed E-state index contributed by atoms with van der Waals surface area (Å²) in [5.41, 5.74) is 2.43. The summed E-state index contributed by atoms with van der Waals surface area (Å²) < 4.78 is 20.8. The van der Waals surface area contributed by atoms with E-state index >= 15 is 0 Å². The van der Waals surface area contributed by atoms with Crippen LogP contribution in [0.5, 0.6) is 5.75 Å². The third-order valence-corrected chi connectivity index (χ3v) is 4.87. The molecule has 1 amide bonds. The number of amides is 1. The molecule has 6 heteroatoms. The van der Waals surface area contributed by atoms with E-state index in [0.29, 0.717) is 11.4 Å². The number of imidazole rings is 1. The molecule has 0 fully saturated rings. The summed E-state index contributed by atoms with van der Waals surface area (Å²) in [7, 11) is 0. The number of ether oxygens (including phenoxy) is 1. The van der Waals surface area contributed by atoms with Crippen molar-refractivity contribution in [3.63, 3.8) is 0 Å². The highest BCUT2D eigenvalue weighted by molar-refractivity contribution is 5.97. The van der Waals surface area contributed by atoms with Crippen molar-refractivity contribution in [2.45, 2.75) is 38.8 Å². The second-order valence-electron chi connectivity index (χ2n) is 6.94. The monoisotopic (exact) mass is 379 g/mol. The molecule has 4 rings (SSSR count). The van der Waals surface area contributed by atoms with Crippen molar-refractivity contribution in [1.29, 1.82) is 0 Å². The molecule has 0 bridgehead atoms. The maximum Gasteiger partial charge on any atom is 0.265 e. The third-order valence-electron chi connectivity index (χ3n) is 4.87. The number of nitrogens with zero attached hydrogens (tertiary/aromatic N) is 2. The Bertz CT molecular complexity index is 958. The number of carbonyl (C=O) groups excluding carboxylic acids is 1. The molecule has 1 atom stereocenters. The number of rotatable bonds is 5. The van der Waals surface area contributed by atoms with Crippen LogP contribution in [-0.4, -0.2) is 21.6 Å². The Balaban J connectivity index is 1.51. The number of hydrogen-bond acceptors (Lipinski definition) is 3. The molecule has 0 aliphatic carbocycles. The van der Waals surface area contributed by atoms with Crippen molar-refractivity contribution < 1.29 is 13.9 Å². The Morgan fingerprint density at radius 2 is 1.96 bits per heavy atom. The maximum atomic E-state index is 13.0. The van der Waals surface area contributed by atoms with Gasteiger partial charge in [0, 0.05) is 24.7 Å². The first-order chi connectivity index (χ1) is 13.6. The van der Waals surface area contributed by atoms with Gasteiger partial charge in [0.1, 0.15) is 17.4 Å². The molecule has 2 aromatic carbocycles. The van der Waals surface area contributed by atoms with Crippen LogP contribution in [0.25, 0.3) is 11.3 Å². The molecule has 0 radical (unpaired) electrons. The summed E-state index contributed by atoms with van der Waals surface area (Å²) in [6.45, 7) is 2.65. The van der Waals surface area contributed by atoms with E-state index in [-0.39, 0.29) is 11.7 Å². The van der Waals surface area contributed by atoms with Crippen LogP contribution in [0.1, 0.15) is 25.6 Å². The van der Waals surface area contributed by atoms with E-state index in [9.17, 15) is 9.18 Å². The van der Waals surface area contributed by atoms with Crippen molar-refractivity contribution >= 4 is 11.6 Å². The zero-order valence-corrected chi connectivity index (χ0v) is 15.7. The molecule has 1 aliphatic rings. The average molecular weight is 379 g/mol. The van der Waals surface area contributed by atoms with E-state index in [2.05, 4.69) is 16.1 Å². The van der Waals surface area contributed by atoms with Gasteiger partial charge in [0.2, 0.25) is 0 Å². The van der Waals surface area contributed by atoms with Crippen LogP contribution >= 0.6 is 0 Å². The minimum atomic E-state index is -0.728. The Kier molecular flexibility index (Phi) is 5.10. The van der Waals surface area contributed by atoms with Crippen LogP contribution in [0.4, 0.5) is 10.1 Å². The molecule has 0 saturated carbocycles. The summed E-state index contributed by atoms with van der Waals surface area (Å²) in [6, 6.07) is 13.2. The number of nitrogens with one attached hydrogen (secondary N) is 1. The fourth-order valence-corrected chi connectivity index (χ4v) is 3.36. The van der Waals surface area contributed by atoms with Gasteiger partial charge in [-0.25, -0.2) is 9.37 Å². The number of aromatic nitrogens is 2. The van der Waals surface area contributed by atoms with Gasteiger partial charge in [-0.1, -0.05) is 18.2 Å². The highest BCUT2D eigenvalue weighted by atomic mass is 19.1. The number of halogens is 1. The fraction of sp³-hybridized carbons (Fsp3) is 0.273. The number of hydrogen-bond donors (Lipinski definition) is 1. The quantitative estimate of drug-likeness (QED) is 0.713. The van der Waals surface area contributed by atoms with Gasteiger partial charge in [-0.2, -0.15) is 0 Å². The largest absolute Gasteiger partial charge is 0.481 e. The van der Waals surface area contributed by atoms with Crippen LogP contribution in [-0.2, 0) is 17.8 Å². The van der Waals surface area contributed by atoms with Gasteiger partial charge in [0.05, 0.1) is 11.4 Å². The van der Waals surface area contributed by atoms with Gasteiger partial charge < -0.3 is 14.6 Å². The summed E-state index contributed by atoms with van der Waals surface area (Å²) in [5.74, 6) is 0.913. The van der Waals surface area contributed by atoms with Crippen molar-refractivity contribution in [3.8, 4) is 17.0 Å². The van der Waals surface area contributed by atoms with E-state index in [4.69, 9.17) is 9.72 Å². The zero-order valence-electron chi connectivity index (χ0n) is 15.7. The van der Waals surface area contributed by atoms with Gasteiger partial charge in [0.25, 0.3) is 5.91 Å². The molecule has 1 aliphatic heterocycles. The normalized spacial score (nSPS) is 14.2. The molecule has 0 saturated heterocycles. The van der Waals surface area contributed by atoms with Gasteiger partial charge in [0.15, 0.2) is 6.10 Å². The van der Waals surface area contributed by atoms with E-state index < -0.39 is 6.10 Å². The molecule has 1 unspecified atom stereocenters. The Morgan fingerprint density at radius 1 is 1.18 bits per heavy atom. The minimum Gasteiger partial charge on any atom is -0.481 e. The predicted octanol–water partition coefficient (Wildman–Crippen LogP) is 4.43. The van der Waals surface area contributed by atoms with E-state index in [1.807, 2.05) is 24.3 Å². The van der Waals surface area contributed by atoms with Crippen molar-refractivity contribution in [3.05, 3.63) is 66.4 Å². The van der Waals surface area contributed by atoms with Crippen LogP contribution in [0, 0.1) is 5.82 Å². The van der Waals surface area contributed by atoms with Crippen molar-refractivity contribution in [1.82, 2.24) is 9.55 Å². The first-order valence-electron chi connectivity index (χ1n) is 9.49. The van der Waals surface area contributed by atoms with Crippen molar-refractivity contribution in [2.75, 3.05) is 5.32 Å². The molecule has 3 aromatic rings. The van der Waals surface area contributed by atoms with Crippen LogP contribution < -0.4 is 10.1 Å². The van der Waals surface area contributed by atoms with Crippen LogP contribution in [0.15, 0.2) is 54.7 Å². The SMILES string of the molecule is CC(Oc1ccc(F)cc1)C(=O)Nc1ccccc1-c1cn2c(n1)CCCC2. The molecule has 1 aromatic heterocycles. The lowest BCUT2D eigenvalue weighted by atomic mass is 10.1. The minimum absolute atomic E-state index is 0.277. The molecule has 5 nitrogen and oxygen atoms in total. The Labute approximate surface area is 163 Å². The van der Waals surface area contributed by atoms with Gasteiger partial charge in [-0.3, -0.25) is 4.79 Å². The second kappa shape index (κ2) is 7.84. The lowest BCUT2D eigenvalue weighted by molar-refractivity contribution is -0.122. The van der Waals surface area contributed by atoms with Gasteiger partial charge >= 0.3 is 0 Å². The topological polar surface area (TPSA) is 56.1 Å². The second-order valence-corrected chi connectivity index (χ2v) is 6.94. The highest BCUT2D eigenvalue weighted by Crippen LogP contribution is 2.29. The standard InChI is InChI=1S/C22H22FN3O2/c1-15(28-17-11-9-16(23)10-12-17)22(27)25-19-7-3-2-6-18(19)20-14-26-13-5-4-8-21(26)24-20/h2-3,6-7,9-12,14-15H,4-5,8,13H2,1H3,(H,25,27). The lowest BCUT2D eigenvalue weighted by Gasteiger charge is -2.16. The number of aryl methyl sites for hydroxylation is 2. The van der Waals surface area contributed by atoms with Gasteiger partial charge in [-0.05, 0) is 50.1 Å². The van der Waals surface area contributed by atoms with E-state index in [0.717, 1.165) is 36.5 Å². The fourth-order valence-electron chi connectivity index (χ4n) is 3.36. The summed E-state index contributed by atoms with van der Waals surface area (Å²) in [4.78, 5) is 17.4. The smallest absolute Gasteiger partial charge is 0.265 e. The van der Waals surface area contributed by atoms with E-state index in [1.54, 1.807) is 6.92 Å². The number of anilines is 1. The summed E-state index contributed by atoms with van der Waals surface area (Å²) in [6.07, 6.45) is 4.63. The summed E-state index contributed by atoms with van der Waals surface area (Å²) in [5, 5.41) is 2.93. The highest BCUT2D eigenvalue weighted by Gasteiger charge is 2.19. The first kappa shape index (κ1) is 18.2. The molecule has 144 valence electrons. The number of carbonyl (C=O) groups is 1. The molecular weight excluding hydrogens is 357 g/mol. The Morgan fingerprint density at radius 3 is 2.75 bits per heavy atom. The average Bonchev–Trinajstić information content (AvgIpc) is 3.14. The molecule has 2 heterocycles. The number of benzene rings is 2. The summed E-state index contributed by atoms with van der Waals surface area (Å²) >= 11 is 0. The Hall–Kier alpha value is -3.15. The molecular formula is C22H22FN3O2. The number of para-hydroxylation sites is 1. The molecule has 1 N–H and O–H groups in total. The predicted molar refractivity (Wildman–Crippen MR) is 106 cm³/mol. The third kappa shape index (κ3) is 3.91. The molecule has 28 heavy (non-hydrogen) atoms. The van der Waals surface area contributed by atoms with Crippen LogP contribution in [0.2, 0.25) is 0 Å². The molecule has 0 spiro atoms. The van der Waals surface area contributed by atoms with Crippen molar-refractivity contribution in [2.24, 2.45) is 0 Å². The van der Waals surface area contributed by atoms with Gasteiger partial charge in [-0.15, -0.1) is 0 Å². The van der Waals surface area contributed by atoms with E-state index in [1.165, 1.54) is 30.7 Å². The maximum absolute atomic E-state index is 13.0. The zero-order chi connectivity index (χ0) is 19.5. The lowest BCUT2D eigenvalue weighted by Crippen LogP contribution is -2.30. The van der Waals surface area contributed by atoms with Crippen LogP contribution in [0.3, 0.4) is 0 Å². The number of fused-ring (bicyclic) bond motifs is 1.